The quantitative estimate of drug-likeness (QED) is 0.0489. The third-order valence-corrected chi connectivity index (χ3v) is 23.1. The predicted octanol–water partition coefficient (Wildman–Crippen LogP) is 21.0. The molecule has 2 aliphatic rings. The zero-order valence-corrected chi connectivity index (χ0v) is 49.6. The van der Waals surface area contributed by atoms with Crippen LogP contribution in [0.5, 0.6) is 0 Å². The molecule has 1 aliphatic carbocycles. The van der Waals surface area contributed by atoms with Crippen molar-refractivity contribution in [2.75, 3.05) is 0 Å². The number of allylic oxidation sites excluding steroid dienone is 1. The largest absolute Gasteiger partial charge is 0.320 e. The van der Waals surface area contributed by atoms with Crippen molar-refractivity contribution >= 4 is 91.0 Å². The smallest absolute Gasteiger partial charge is 0.256 e. The molecule has 72 heavy (non-hydrogen) atoms. The molecule has 4 atom stereocenters. The van der Waals surface area contributed by atoms with Crippen molar-refractivity contribution in [1.82, 2.24) is 5.32 Å². The summed E-state index contributed by atoms with van der Waals surface area (Å²) in [4.78, 5) is 41.8. The lowest BCUT2D eigenvalue weighted by Crippen LogP contribution is -2.16. The minimum Gasteiger partial charge on any atom is -0.320 e. The SMILES string of the molecule is CCCCC(CC)Cc1ccsc1-c1ccc(-c2sc(C3=C4C(=O)NC(c5cc(CC(CC)CCCC)c(-c6ccc(-c7sccc7CC(CC)CCCC)s6)s5)=C4C(=O)C3)cc2CC(CC)CCCC)s1. The summed E-state index contributed by atoms with van der Waals surface area (Å²) in [5.41, 5.74) is 8.54. The highest BCUT2D eigenvalue weighted by atomic mass is 32.1. The zero-order valence-electron chi connectivity index (χ0n) is 44.7. The van der Waals surface area contributed by atoms with Crippen LogP contribution in [0.3, 0.4) is 0 Å². The summed E-state index contributed by atoms with van der Waals surface area (Å²) in [5.74, 6) is 2.56. The van der Waals surface area contributed by atoms with Gasteiger partial charge in [-0.25, -0.2) is 0 Å². The maximum Gasteiger partial charge on any atom is 0.256 e. The summed E-state index contributed by atoms with van der Waals surface area (Å²) < 4.78 is 0. The molecule has 0 aromatic carbocycles. The number of hydrogen-bond acceptors (Lipinski definition) is 8. The van der Waals surface area contributed by atoms with Gasteiger partial charge in [0.1, 0.15) is 0 Å². The van der Waals surface area contributed by atoms with Gasteiger partial charge < -0.3 is 5.32 Å². The topological polar surface area (TPSA) is 46.2 Å². The van der Waals surface area contributed by atoms with Crippen LogP contribution in [0.15, 0.2) is 70.4 Å². The Morgan fingerprint density at radius 2 is 0.833 bits per heavy atom. The molecule has 1 aliphatic heterocycles. The second-order valence-electron chi connectivity index (χ2n) is 20.9. The lowest BCUT2D eigenvalue weighted by Gasteiger charge is -2.14. The molecule has 3 nitrogen and oxygen atoms in total. The Morgan fingerprint density at radius 3 is 1.25 bits per heavy atom. The first-order valence-electron chi connectivity index (χ1n) is 28.1. The predicted molar refractivity (Wildman–Crippen MR) is 322 cm³/mol. The van der Waals surface area contributed by atoms with Crippen LogP contribution in [0, 0.1) is 23.7 Å². The zero-order chi connectivity index (χ0) is 50.7. The molecule has 0 saturated carbocycles. The van der Waals surface area contributed by atoms with Crippen LogP contribution >= 0.6 is 68.0 Å². The molecule has 6 aromatic rings. The molecule has 0 bridgehead atoms. The molecule has 386 valence electrons. The van der Waals surface area contributed by atoms with Crippen LogP contribution < -0.4 is 5.32 Å². The fourth-order valence-corrected chi connectivity index (χ4v) is 18.2. The van der Waals surface area contributed by atoms with Crippen LogP contribution in [-0.2, 0) is 35.3 Å². The van der Waals surface area contributed by atoms with Crippen molar-refractivity contribution in [3.63, 3.8) is 0 Å². The highest BCUT2D eigenvalue weighted by Gasteiger charge is 2.42. The molecule has 1 N–H and O–H groups in total. The van der Waals surface area contributed by atoms with Crippen LogP contribution in [-0.4, -0.2) is 11.7 Å². The molecule has 0 spiro atoms. The number of amides is 1. The second-order valence-corrected chi connectivity index (χ2v) is 27.1. The standard InChI is InChI=1S/C63H81NO2S6/c1-9-17-21-40(13-5)33-44-29-31-67-59(44)50-25-27-52(69-50)61-46(35-42(15-7)23-19-11-3)37-54(71-61)48-39-49(65)57-56(48)63(66)64-58(57)55-38-47(36-43(16-8)24-20-12-4)62(72-55)53-28-26-51(70-53)60-45(30-32-68-60)34-41(14-6)22-18-10-2/h25-32,37-38,40-43H,9-24,33-36,39H2,1-8H3,(H,64,66). The van der Waals surface area contributed by atoms with E-state index in [1.165, 1.54) is 151 Å². The maximum atomic E-state index is 14.5. The van der Waals surface area contributed by atoms with E-state index < -0.39 is 0 Å². The van der Waals surface area contributed by atoms with E-state index >= 15 is 0 Å². The minimum atomic E-state index is -0.126. The Kier molecular flexibility index (Phi) is 20.3. The van der Waals surface area contributed by atoms with Gasteiger partial charge in [-0.2, -0.15) is 0 Å². The monoisotopic (exact) mass is 1080 g/mol. The average molecular weight is 1080 g/mol. The highest BCUT2D eigenvalue weighted by Crippen LogP contribution is 2.51. The van der Waals surface area contributed by atoms with Gasteiger partial charge in [-0.3, -0.25) is 9.59 Å². The first-order chi connectivity index (χ1) is 35.1. The lowest BCUT2D eigenvalue weighted by molar-refractivity contribution is -0.116. The molecule has 0 radical (unpaired) electrons. The van der Waals surface area contributed by atoms with E-state index in [1.54, 1.807) is 11.3 Å². The summed E-state index contributed by atoms with van der Waals surface area (Å²) in [6.07, 6.45) is 24.3. The Morgan fingerprint density at radius 1 is 0.444 bits per heavy atom. The highest BCUT2D eigenvalue weighted by molar-refractivity contribution is 7.27. The number of nitrogens with one attached hydrogen (secondary N) is 1. The molecule has 8 rings (SSSR count). The van der Waals surface area contributed by atoms with Crippen molar-refractivity contribution < 1.29 is 9.59 Å². The average Bonchev–Trinajstić information content (AvgIpc) is 4.25. The van der Waals surface area contributed by atoms with Gasteiger partial charge in [0.15, 0.2) is 5.78 Å². The number of rotatable bonds is 30. The Balaban J connectivity index is 1.16. The van der Waals surface area contributed by atoms with Gasteiger partial charge in [0.2, 0.25) is 0 Å². The first kappa shape index (κ1) is 55.1. The Hall–Kier alpha value is -3.18. The molecular weight excluding hydrogens is 995 g/mol. The molecule has 9 heteroatoms. The van der Waals surface area contributed by atoms with Crippen molar-refractivity contribution in [2.24, 2.45) is 23.7 Å². The van der Waals surface area contributed by atoms with E-state index in [0.717, 1.165) is 71.4 Å². The number of fused-ring (bicyclic) bond motifs is 1. The van der Waals surface area contributed by atoms with Crippen LogP contribution in [0.4, 0.5) is 0 Å². The number of carbonyl (C=O) groups is 2. The third-order valence-electron chi connectivity index (χ3n) is 15.9. The molecule has 4 unspecified atom stereocenters. The van der Waals surface area contributed by atoms with E-state index in [4.69, 9.17) is 0 Å². The van der Waals surface area contributed by atoms with Gasteiger partial charge >= 0.3 is 0 Å². The number of unbranched alkanes of at least 4 members (excludes halogenated alkanes) is 4. The summed E-state index contributed by atoms with van der Waals surface area (Å²) in [7, 11) is 0. The summed E-state index contributed by atoms with van der Waals surface area (Å²) in [6.45, 7) is 18.6. The molecule has 1 amide bonds. The molecular formula is C63H81NO2S6. The van der Waals surface area contributed by atoms with Crippen LogP contribution in [0.1, 0.15) is 197 Å². The van der Waals surface area contributed by atoms with Gasteiger partial charge in [-0.1, -0.05) is 158 Å². The van der Waals surface area contributed by atoms with Crippen LogP contribution in [0.25, 0.3) is 50.3 Å². The van der Waals surface area contributed by atoms with Gasteiger partial charge in [0.05, 0.1) is 21.7 Å². The number of hydrogen-bond donors (Lipinski definition) is 1. The van der Waals surface area contributed by atoms with E-state index in [-0.39, 0.29) is 18.1 Å². The normalized spacial score (nSPS) is 15.6. The molecule has 0 fully saturated rings. The molecule has 7 heterocycles. The van der Waals surface area contributed by atoms with Gasteiger partial charge in [0.25, 0.3) is 5.91 Å². The van der Waals surface area contributed by atoms with Crippen molar-refractivity contribution in [3.05, 3.63) is 102 Å². The molecule has 0 saturated heterocycles. The number of carbonyl (C=O) groups excluding carboxylic acids is 2. The van der Waals surface area contributed by atoms with E-state index in [0.29, 0.717) is 23.0 Å². The fourth-order valence-electron chi connectivity index (χ4n) is 11.2. The van der Waals surface area contributed by atoms with E-state index in [2.05, 4.69) is 120 Å². The van der Waals surface area contributed by atoms with Crippen molar-refractivity contribution in [1.29, 1.82) is 0 Å². The number of thiophene rings is 6. The summed E-state index contributed by atoms with van der Waals surface area (Å²) in [6, 6.07) is 18.8. The van der Waals surface area contributed by atoms with Gasteiger partial charge in [-0.05, 0) is 136 Å². The minimum absolute atomic E-state index is 0.0611. The van der Waals surface area contributed by atoms with Crippen LogP contribution in [0.2, 0.25) is 0 Å². The first-order valence-corrected chi connectivity index (χ1v) is 33.1. The number of Topliss-reactive ketones (excluding diaryl/α,β-unsaturated/α-hetero) is 1. The molecule has 6 aromatic heterocycles. The van der Waals surface area contributed by atoms with Crippen molar-refractivity contribution in [3.8, 4) is 39.0 Å². The van der Waals surface area contributed by atoms with E-state index in [9.17, 15) is 9.59 Å². The van der Waals surface area contributed by atoms with Gasteiger partial charge in [-0.15, -0.1) is 68.0 Å². The Labute approximate surface area is 457 Å². The maximum absolute atomic E-state index is 14.5. The summed E-state index contributed by atoms with van der Waals surface area (Å²) >= 11 is 11.2. The van der Waals surface area contributed by atoms with Gasteiger partial charge in [0, 0.05) is 50.3 Å². The summed E-state index contributed by atoms with van der Waals surface area (Å²) in [5, 5.41) is 7.89. The second kappa shape index (κ2) is 26.5. The Bertz CT molecular complexity index is 2600. The van der Waals surface area contributed by atoms with E-state index in [1.807, 2.05) is 56.7 Å². The third kappa shape index (κ3) is 12.7. The van der Waals surface area contributed by atoms with Crippen molar-refractivity contribution in [2.45, 2.75) is 190 Å². The number of ketones is 1. The fraction of sp³-hybridized carbons (Fsp3) is 0.524. The lowest BCUT2D eigenvalue weighted by atomic mass is 9.91.